The molecular formula is C8H5Cl2NO2S. The Balaban J connectivity index is 3.66. The highest BCUT2D eigenvalue weighted by Gasteiger charge is 2.18. The van der Waals surface area contributed by atoms with E-state index in [0.717, 1.165) is 0 Å². The van der Waals surface area contributed by atoms with E-state index in [9.17, 15) is 8.42 Å². The molecule has 1 aromatic rings. The molecule has 0 amide bonds. The van der Waals surface area contributed by atoms with Gasteiger partial charge < -0.3 is 0 Å². The van der Waals surface area contributed by atoms with Gasteiger partial charge in [0.05, 0.1) is 5.56 Å². The first-order valence-electron chi connectivity index (χ1n) is 3.52. The summed E-state index contributed by atoms with van der Waals surface area (Å²) in [6.07, 6.45) is 0. The van der Waals surface area contributed by atoms with Gasteiger partial charge in [0.1, 0.15) is 11.0 Å². The predicted molar refractivity (Wildman–Crippen MR) is 53.9 cm³/mol. The van der Waals surface area contributed by atoms with Gasteiger partial charge in [-0.05, 0) is 24.6 Å². The second-order valence-electron chi connectivity index (χ2n) is 2.60. The van der Waals surface area contributed by atoms with E-state index in [4.69, 9.17) is 27.5 Å². The van der Waals surface area contributed by atoms with Crippen molar-refractivity contribution in [3.63, 3.8) is 0 Å². The van der Waals surface area contributed by atoms with Crippen molar-refractivity contribution in [2.75, 3.05) is 0 Å². The van der Waals surface area contributed by atoms with Crippen molar-refractivity contribution in [1.82, 2.24) is 0 Å². The number of benzene rings is 1. The summed E-state index contributed by atoms with van der Waals surface area (Å²) in [5.74, 6) is 0. The third kappa shape index (κ3) is 2.01. The lowest BCUT2D eigenvalue weighted by atomic mass is 10.1. The molecule has 1 rings (SSSR count). The lowest BCUT2D eigenvalue weighted by molar-refractivity contribution is 0.609. The van der Waals surface area contributed by atoms with Crippen molar-refractivity contribution in [3.8, 4) is 6.07 Å². The molecule has 0 aromatic heterocycles. The van der Waals surface area contributed by atoms with Crippen LogP contribution in [0.25, 0.3) is 0 Å². The maximum Gasteiger partial charge on any atom is 0.262 e. The van der Waals surface area contributed by atoms with Crippen molar-refractivity contribution in [2.45, 2.75) is 11.8 Å². The second kappa shape index (κ2) is 3.77. The quantitative estimate of drug-likeness (QED) is 0.719. The topological polar surface area (TPSA) is 57.9 Å². The zero-order valence-corrected chi connectivity index (χ0v) is 9.41. The summed E-state index contributed by atoms with van der Waals surface area (Å²) in [5.41, 5.74) is 0.406. The summed E-state index contributed by atoms with van der Waals surface area (Å²) in [6, 6.07) is 4.38. The number of halogens is 2. The Hall–Kier alpha value is -0.760. The van der Waals surface area contributed by atoms with Crippen LogP contribution < -0.4 is 0 Å². The van der Waals surface area contributed by atoms with Gasteiger partial charge in [-0.2, -0.15) is 5.26 Å². The van der Waals surface area contributed by atoms with E-state index in [1.165, 1.54) is 12.1 Å². The van der Waals surface area contributed by atoms with E-state index in [-0.39, 0.29) is 10.5 Å². The fraction of sp³-hybridized carbons (Fsp3) is 0.125. The molecule has 0 aliphatic heterocycles. The summed E-state index contributed by atoms with van der Waals surface area (Å²) < 4.78 is 22.1. The molecule has 3 nitrogen and oxygen atoms in total. The summed E-state index contributed by atoms with van der Waals surface area (Å²) in [5, 5.41) is 9.09. The van der Waals surface area contributed by atoms with Crippen molar-refractivity contribution < 1.29 is 8.42 Å². The zero-order valence-electron chi connectivity index (χ0n) is 7.08. The molecular weight excluding hydrogens is 245 g/mol. The fourth-order valence-electron chi connectivity index (χ4n) is 1.00. The van der Waals surface area contributed by atoms with Gasteiger partial charge >= 0.3 is 0 Å². The van der Waals surface area contributed by atoms with Crippen LogP contribution in [0.2, 0.25) is 5.02 Å². The van der Waals surface area contributed by atoms with Crippen molar-refractivity contribution in [1.29, 1.82) is 5.26 Å². The minimum absolute atomic E-state index is 0.00694. The van der Waals surface area contributed by atoms with Gasteiger partial charge in [-0.1, -0.05) is 11.6 Å². The average Bonchev–Trinajstić information content (AvgIpc) is 2.07. The Labute approximate surface area is 91.3 Å². The summed E-state index contributed by atoms with van der Waals surface area (Å²) in [6.45, 7) is 1.56. The van der Waals surface area contributed by atoms with E-state index >= 15 is 0 Å². The van der Waals surface area contributed by atoms with Crippen molar-refractivity contribution in [2.24, 2.45) is 0 Å². The molecule has 0 saturated carbocycles. The number of hydrogen-bond acceptors (Lipinski definition) is 3. The van der Waals surface area contributed by atoms with Crippen molar-refractivity contribution >= 4 is 31.3 Å². The molecule has 0 heterocycles. The lowest BCUT2D eigenvalue weighted by Crippen LogP contribution is -1.97. The molecule has 0 unspecified atom stereocenters. The normalized spacial score (nSPS) is 11.0. The van der Waals surface area contributed by atoms with Gasteiger partial charge in [0.25, 0.3) is 9.05 Å². The highest BCUT2D eigenvalue weighted by atomic mass is 35.7. The molecule has 0 fully saturated rings. The number of nitrogens with zero attached hydrogens (tertiary/aromatic N) is 1. The van der Waals surface area contributed by atoms with E-state index < -0.39 is 9.05 Å². The van der Waals surface area contributed by atoms with Gasteiger partial charge in [-0.3, -0.25) is 0 Å². The smallest absolute Gasteiger partial charge is 0.207 e. The first kappa shape index (κ1) is 11.3. The second-order valence-corrected chi connectivity index (χ2v) is 5.54. The molecule has 14 heavy (non-hydrogen) atoms. The van der Waals surface area contributed by atoms with Crippen LogP contribution in [0.4, 0.5) is 0 Å². The summed E-state index contributed by atoms with van der Waals surface area (Å²) in [4.78, 5) is -0.205. The van der Waals surface area contributed by atoms with Gasteiger partial charge in [-0.15, -0.1) is 0 Å². The van der Waals surface area contributed by atoms with Gasteiger partial charge in [0, 0.05) is 15.7 Å². The molecule has 0 spiro atoms. The Bertz CT molecular complexity index is 517. The zero-order chi connectivity index (χ0) is 10.9. The Morgan fingerprint density at radius 1 is 1.43 bits per heavy atom. The van der Waals surface area contributed by atoms with E-state index in [1.54, 1.807) is 13.0 Å². The molecule has 0 aliphatic carbocycles. The minimum atomic E-state index is -3.89. The highest BCUT2D eigenvalue weighted by molar-refractivity contribution is 8.13. The molecule has 0 N–H and O–H groups in total. The summed E-state index contributed by atoms with van der Waals surface area (Å²) in [7, 11) is 1.25. The van der Waals surface area contributed by atoms with Crippen LogP contribution in [0.3, 0.4) is 0 Å². The lowest BCUT2D eigenvalue weighted by Gasteiger charge is -2.04. The van der Waals surface area contributed by atoms with Crippen LogP contribution in [0.15, 0.2) is 17.0 Å². The Kier molecular flexibility index (Phi) is 3.05. The molecule has 0 saturated heterocycles. The monoisotopic (exact) mass is 249 g/mol. The van der Waals surface area contributed by atoms with Crippen LogP contribution in [0.1, 0.15) is 11.1 Å². The van der Waals surface area contributed by atoms with E-state index in [2.05, 4.69) is 0 Å². The van der Waals surface area contributed by atoms with Gasteiger partial charge in [0.15, 0.2) is 0 Å². The molecule has 1 aromatic carbocycles. The first-order valence-corrected chi connectivity index (χ1v) is 6.20. The maximum atomic E-state index is 11.0. The molecule has 0 radical (unpaired) electrons. The standard InChI is InChI=1S/C8H5Cl2NO2S/c1-5-6(4-11)8(14(10,12)13)3-2-7(5)9/h2-3H,1H3. The molecule has 0 atom stereocenters. The number of rotatable bonds is 1. The number of nitriles is 1. The minimum Gasteiger partial charge on any atom is -0.207 e. The van der Waals surface area contributed by atoms with Gasteiger partial charge in [-0.25, -0.2) is 8.42 Å². The predicted octanol–water partition coefficient (Wildman–Crippen LogP) is 2.45. The van der Waals surface area contributed by atoms with E-state index in [1.807, 2.05) is 0 Å². The van der Waals surface area contributed by atoms with Gasteiger partial charge in [0.2, 0.25) is 0 Å². The summed E-state index contributed by atoms with van der Waals surface area (Å²) >= 11 is 5.73. The largest absolute Gasteiger partial charge is 0.262 e. The molecule has 0 bridgehead atoms. The highest BCUT2D eigenvalue weighted by Crippen LogP contribution is 2.27. The van der Waals surface area contributed by atoms with Crippen LogP contribution >= 0.6 is 22.3 Å². The van der Waals surface area contributed by atoms with Crippen molar-refractivity contribution in [3.05, 3.63) is 28.3 Å². The average molecular weight is 250 g/mol. The molecule has 74 valence electrons. The van der Waals surface area contributed by atoms with Crippen LogP contribution in [0.5, 0.6) is 0 Å². The molecule has 6 heteroatoms. The SMILES string of the molecule is Cc1c(Cl)ccc(S(=O)(=O)Cl)c1C#N. The Morgan fingerprint density at radius 2 is 2.00 bits per heavy atom. The third-order valence-electron chi connectivity index (χ3n) is 1.74. The number of hydrogen-bond donors (Lipinski definition) is 0. The van der Waals surface area contributed by atoms with E-state index in [0.29, 0.717) is 10.6 Å². The van der Waals surface area contributed by atoms with Crippen LogP contribution in [0, 0.1) is 18.3 Å². The Morgan fingerprint density at radius 3 is 2.43 bits per heavy atom. The molecule has 0 aliphatic rings. The van der Waals surface area contributed by atoms with Crippen LogP contribution in [-0.4, -0.2) is 8.42 Å². The first-order chi connectivity index (χ1) is 6.38. The maximum absolute atomic E-state index is 11.0. The van der Waals surface area contributed by atoms with Crippen LogP contribution in [-0.2, 0) is 9.05 Å². The fourth-order valence-corrected chi connectivity index (χ4v) is 2.22. The third-order valence-corrected chi connectivity index (χ3v) is 3.51.